The van der Waals surface area contributed by atoms with Gasteiger partial charge in [-0.25, -0.2) is 0 Å². The van der Waals surface area contributed by atoms with E-state index in [0.29, 0.717) is 24.2 Å². The van der Waals surface area contributed by atoms with Gasteiger partial charge in [0, 0.05) is 17.8 Å². The highest BCUT2D eigenvalue weighted by Crippen LogP contribution is 2.54. The first-order valence-corrected chi connectivity index (χ1v) is 12.4. The molecule has 0 spiro atoms. The normalized spacial score (nSPS) is 36.6. The fourth-order valence-electron chi connectivity index (χ4n) is 3.04. The summed E-state index contributed by atoms with van der Waals surface area (Å²) in [6, 6.07) is -1.02. The summed E-state index contributed by atoms with van der Waals surface area (Å²) in [5.41, 5.74) is 0. The predicted molar refractivity (Wildman–Crippen MR) is 104 cm³/mol. The minimum atomic E-state index is -4.19. The molecule has 152 valence electrons. The fourth-order valence-corrected chi connectivity index (χ4v) is 5.78. The Morgan fingerprint density at radius 2 is 1.67 bits per heavy atom. The van der Waals surface area contributed by atoms with Gasteiger partial charge in [0.2, 0.25) is 0 Å². The second-order valence-electron chi connectivity index (χ2n) is 7.39. The van der Waals surface area contributed by atoms with Gasteiger partial charge in [-0.2, -0.15) is 0 Å². The van der Waals surface area contributed by atoms with Crippen molar-refractivity contribution in [2.24, 2.45) is 0 Å². The van der Waals surface area contributed by atoms with Crippen LogP contribution in [-0.2, 0) is 28.0 Å². The van der Waals surface area contributed by atoms with Crippen LogP contribution in [0.1, 0.15) is 40.5 Å². The average Bonchev–Trinajstić information content (AvgIpc) is 3.04. The monoisotopic (exact) mass is 417 g/mol. The molecular weight excluding hydrogens is 389 g/mol. The average molecular weight is 417 g/mol. The Hall–Kier alpha value is 0.470. The topological polar surface area (TPSA) is 86.3 Å². The molecule has 0 aromatic rings. The summed E-state index contributed by atoms with van der Waals surface area (Å²) in [5, 5.41) is 0. The van der Waals surface area contributed by atoms with Crippen molar-refractivity contribution in [1.29, 1.82) is 0 Å². The summed E-state index contributed by atoms with van der Waals surface area (Å²) in [7, 11) is 11.6. The Kier molecular flexibility index (Phi) is 9.22. The first kappa shape index (κ1) is 23.7. The van der Waals surface area contributed by atoms with E-state index in [0.717, 1.165) is 0 Å². The van der Waals surface area contributed by atoms with E-state index >= 15 is 0 Å². The Balaban J connectivity index is 1.87. The van der Waals surface area contributed by atoms with Gasteiger partial charge in [-0.1, -0.05) is 11.4 Å². The lowest BCUT2D eigenvalue weighted by Crippen LogP contribution is -2.31. The predicted octanol–water partition coefficient (Wildman–Crippen LogP) is 1.36. The maximum Gasteiger partial charge on any atom is 0.192 e. The molecule has 2 heterocycles. The van der Waals surface area contributed by atoms with E-state index in [4.69, 9.17) is 39.2 Å². The van der Waals surface area contributed by atoms with E-state index < -0.39 is 37.1 Å². The van der Waals surface area contributed by atoms with Crippen molar-refractivity contribution in [3.8, 4) is 0 Å². The molecule has 0 amide bonds. The summed E-state index contributed by atoms with van der Waals surface area (Å²) in [6.45, 7) is 3.65. The molecule has 2 fully saturated rings. The van der Waals surface area contributed by atoms with Gasteiger partial charge in [-0.05, 0) is 40.5 Å². The molecule has 2 rings (SSSR count). The molecule has 0 saturated carbocycles. The Morgan fingerprint density at radius 3 is 2.26 bits per heavy atom. The van der Waals surface area contributed by atoms with Crippen LogP contribution in [0, 0.1) is 0 Å². The highest BCUT2D eigenvalue weighted by molar-refractivity contribution is 8.54. The lowest BCUT2D eigenvalue weighted by Gasteiger charge is -2.30. The summed E-state index contributed by atoms with van der Waals surface area (Å²) in [4.78, 5) is 12.4. The summed E-state index contributed by atoms with van der Waals surface area (Å²) < 4.78 is 40.2. The molecule has 2 aliphatic rings. The van der Waals surface area contributed by atoms with Crippen LogP contribution >= 0.6 is 18.2 Å². The van der Waals surface area contributed by atoms with E-state index in [1.54, 1.807) is 0 Å². The fraction of sp³-hybridized carbons (Fsp3) is 1.00. The molecule has 2 saturated heterocycles. The minimum absolute atomic E-state index is 0.00104. The molecule has 0 N–H and O–H groups in total. The van der Waals surface area contributed by atoms with Crippen molar-refractivity contribution < 1.29 is 32.9 Å². The zero-order valence-corrected chi connectivity index (χ0v) is 18.0. The molecule has 3 unspecified atom stereocenters. The molecule has 0 aromatic heterocycles. The van der Waals surface area contributed by atoms with Gasteiger partial charge >= 0.3 is 0 Å². The van der Waals surface area contributed by atoms with Crippen LogP contribution in [0.2, 0.25) is 0 Å². The zero-order valence-electron chi connectivity index (χ0n) is 16.3. The van der Waals surface area contributed by atoms with Crippen LogP contribution in [0.25, 0.3) is 0 Å². The van der Waals surface area contributed by atoms with Gasteiger partial charge < -0.3 is 28.4 Å². The standard InChI is InChI=1S/C16H29B2O7PS/c1-9(2)21-7-13-12(6-16(18)23-13)25-26(19,20)27-8-14-11(22-10(3)4)5-15(17)24-14/h9-16H,5-8H2,1-4H3,(H,19,20)/p-1/t11?,12?,13-,14-,15-,16-/m1/s1. The van der Waals surface area contributed by atoms with Crippen molar-refractivity contribution in [1.82, 2.24) is 0 Å². The molecule has 11 heteroatoms. The Morgan fingerprint density at radius 1 is 1.07 bits per heavy atom. The summed E-state index contributed by atoms with van der Waals surface area (Å²) in [6.07, 6.45) is -0.978. The van der Waals surface area contributed by atoms with Gasteiger partial charge in [0.1, 0.15) is 21.8 Å². The van der Waals surface area contributed by atoms with Crippen molar-refractivity contribution >= 4 is 33.9 Å². The van der Waals surface area contributed by atoms with E-state index in [9.17, 15) is 9.46 Å². The van der Waals surface area contributed by atoms with Crippen LogP contribution in [0.5, 0.6) is 0 Å². The molecular formula is C16H28B2O7PS-. The van der Waals surface area contributed by atoms with Crippen molar-refractivity contribution in [2.45, 2.75) is 89.2 Å². The molecule has 0 aliphatic carbocycles. The second-order valence-corrected chi connectivity index (χ2v) is 11.2. The number of hydrogen-bond acceptors (Lipinski definition) is 8. The van der Waals surface area contributed by atoms with Crippen LogP contribution in [-0.4, -0.2) is 76.7 Å². The second kappa shape index (κ2) is 10.5. The minimum Gasteiger partial charge on any atom is -0.770 e. The van der Waals surface area contributed by atoms with E-state index in [-0.39, 0.29) is 30.7 Å². The quantitative estimate of drug-likeness (QED) is 0.389. The maximum absolute atomic E-state index is 12.4. The molecule has 0 bridgehead atoms. The maximum atomic E-state index is 12.4. The third-order valence-electron chi connectivity index (χ3n) is 4.16. The molecule has 7 atom stereocenters. The van der Waals surface area contributed by atoms with Crippen LogP contribution in [0.4, 0.5) is 0 Å². The van der Waals surface area contributed by atoms with Crippen LogP contribution in [0.3, 0.4) is 0 Å². The lowest BCUT2D eigenvalue weighted by molar-refractivity contribution is -0.196. The molecule has 0 aromatic carbocycles. The van der Waals surface area contributed by atoms with Gasteiger partial charge in [0.25, 0.3) is 0 Å². The Bertz CT molecular complexity index is 513. The Labute approximate surface area is 168 Å². The first-order chi connectivity index (χ1) is 12.6. The van der Waals surface area contributed by atoms with Crippen LogP contribution < -0.4 is 4.89 Å². The first-order valence-electron chi connectivity index (χ1n) is 9.29. The van der Waals surface area contributed by atoms with Gasteiger partial charge in [-0.3, -0.25) is 4.57 Å². The number of hydrogen-bond donors (Lipinski definition) is 0. The van der Waals surface area contributed by atoms with Gasteiger partial charge in [0.05, 0.1) is 37.1 Å². The highest BCUT2D eigenvalue weighted by Gasteiger charge is 2.38. The molecule has 7 nitrogen and oxygen atoms in total. The molecule has 27 heavy (non-hydrogen) atoms. The summed E-state index contributed by atoms with van der Waals surface area (Å²) >= 11 is 0.703. The van der Waals surface area contributed by atoms with Gasteiger partial charge in [-0.15, -0.1) is 0 Å². The molecule has 2 aliphatic heterocycles. The highest BCUT2D eigenvalue weighted by atomic mass is 32.7. The summed E-state index contributed by atoms with van der Waals surface area (Å²) in [5.74, 6) is 0.179. The largest absolute Gasteiger partial charge is 0.770 e. The van der Waals surface area contributed by atoms with E-state index in [2.05, 4.69) is 0 Å². The van der Waals surface area contributed by atoms with Crippen LogP contribution in [0.15, 0.2) is 0 Å². The van der Waals surface area contributed by atoms with Crippen molar-refractivity contribution in [2.75, 3.05) is 12.4 Å². The lowest BCUT2D eigenvalue weighted by atomic mass is 9.96. The van der Waals surface area contributed by atoms with Crippen molar-refractivity contribution in [3.63, 3.8) is 0 Å². The van der Waals surface area contributed by atoms with E-state index in [1.807, 2.05) is 27.7 Å². The van der Waals surface area contributed by atoms with Gasteiger partial charge in [0.15, 0.2) is 6.80 Å². The zero-order chi connectivity index (χ0) is 20.2. The molecule has 4 radical (unpaired) electrons. The smallest absolute Gasteiger partial charge is 0.192 e. The SMILES string of the molecule is [B][C@H]1CC(OC(C)C)[C@@H](CSP(=O)([O-])OC2C[C@H]([B])O[C@@H]2COC(C)C)O1. The van der Waals surface area contributed by atoms with Crippen molar-refractivity contribution in [3.05, 3.63) is 0 Å². The third-order valence-corrected chi connectivity index (χ3v) is 7.14. The number of rotatable bonds is 10. The number of ether oxygens (including phenoxy) is 4. The van der Waals surface area contributed by atoms with E-state index in [1.165, 1.54) is 0 Å². The third kappa shape index (κ3) is 8.01.